The number of non-ortho nitro benzene ring substituents is 1. The van der Waals surface area contributed by atoms with E-state index in [1.54, 1.807) is 0 Å². The Balaban J connectivity index is 1.97. The molecule has 1 radical (unpaired) electrons. The molecule has 0 aliphatic heterocycles. The Hall–Kier alpha value is -3.09. The van der Waals surface area contributed by atoms with Crippen molar-refractivity contribution >= 4 is 17.5 Å². The first kappa shape index (κ1) is 13.3. The molecule has 7 nitrogen and oxygen atoms in total. The van der Waals surface area contributed by atoms with E-state index >= 15 is 0 Å². The van der Waals surface area contributed by atoms with Gasteiger partial charge in [0.1, 0.15) is 5.75 Å². The van der Waals surface area contributed by atoms with Crippen LogP contribution in [0.25, 0.3) is 0 Å². The van der Waals surface area contributed by atoms with Gasteiger partial charge in [-0.1, -0.05) is 0 Å². The Bertz CT molecular complexity index is 622. The summed E-state index contributed by atoms with van der Waals surface area (Å²) in [5.41, 5.74) is 0.320. The van der Waals surface area contributed by atoms with Gasteiger partial charge in [0.25, 0.3) is 5.69 Å². The number of hydrogen-bond acceptors (Lipinski definition) is 4. The van der Waals surface area contributed by atoms with Gasteiger partial charge in [0, 0.05) is 17.8 Å². The van der Waals surface area contributed by atoms with Crippen LogP contribution < -0.4 is 10.1 Å². The summed E-state index contributed by atoms with van der Waals surface area (Å²) in [6.45, 7) is 0. The molecule has 2 aromatic carbocycles. The Kier molecular flexibility index (Phi) is 3.80. The molecule has 1 N–H and O–H groups in total. The molecule has 7 heteroatoms. The summed E-state index contributed by atoms with van der Waals surface area (Å²) in [7, 11) is 0. The molecule has 0 bridgehead atoms. The van der Waals surface area contributed by atoms with Crippen LogP contribution in [0.3, 0.4) is 0 Å². The van der Waals surface area contributed by atoms with Gasteiger partial charge in [0.15, 0.2) is 5.75 Å². The Labute approximate surface area is 113 Å². The Morgan fingerprint density at radius 1 is 1.05 bits per heavy atom. The van der Waals surface area contributed by atoms with Crippen LogP contribution in [-0.2, 0) is 5.11 Å². The first-order valence-corrected chi connectivity index (χ1v) is 5.55. The number of amides is 1. The minimum absolute atomic E-state index is 0.0937. The van der Waals surface area contributed by atoms with Gasteiger partial charge >= 0.3 is 6.09 Å². The van der Waals surface area contributed by atoms with Gasteiger partial charge in [0.2, 0.25) is 0 Å². The molecule has 0 unspecified atom stereocenters. The fraction of sp³-hybridized carbons (Fsp3) is 0. The van der Waals surface area contributed by atoms with Crippen LogP contribution >= 0.6 is 0 Å². The molecular weight excluding hydrogens is 264 g/mol. The Morgan fingerprint density at radius 2 is 1.65 bits per heavy atom. The van der Waals surface area contributed by atoms with Crippen LogP contribution in [0.4, 0.5) is 16.2 Å². The van der Waals surface area contributed by atoms with Crippen LogP contribution in [-0.4, -0.2) is 11.0 Å². The van der Waals surface area contributed by atoms with Crippen molar-refractivity contribution in [2.75, 3.05) is 5.32 Å². The maximum absolute atomic E-state index is 11.5. The van der Waals surface area contributed by atoms with Crippen LogP contribution in [0, 0.1) is 10.1 Å². The van der Waals surface area contributed by atoms with E-state index in [-0.39, 0.29) is 17.2 Å². The third-order valence-electron chi connectivity index (χ3n) is 2.36. The molecule has 20 heavy (non-hydrogen) atoms. The lowest BCUT2D eigenvalue weighted by Gasteiger charge is -2.06. The zero-order chi connectivity index (χ0) is 14.5. The van der Waals surface area contributed by atoms with Gasteiger partial charge in [0.05, 0.1) is 4.92 Å². The zero-order valence-electron chi connectivity index (χ0n) is 10.1. The van der Waals surface area contributed by atoms with Crippen molar-refractivity contribution in [3.8, 4) is 11.5 Å². The summed E-state index contributed by atoms with van der Waals surface area (Å²) in [5, 5.41) is 23.8. The Morgan fingerprint density at radius 3 is 2.20 bits per heavy atom. The summed E-state index contributed by atoms with van der Waals surface area (Å²) in [6.07, 6.45) is -0.752. The largest absolute Gasteiger partial charge is 0.417 e. The molecule has 0 saturated carbocycles. The number of rotatable bonds is 3. The number of carbonyl (C=O) groups is 1. The van der Waals surface area contributed by atoms with Crippen molar-refractivity contribution < 1.29 is 19.6 Å². The summed E-state index contributed by atoms with van der Waals surface area (Å²) in [6, 6.07) is 10.6. The standard InChI is InChI=1S/C13H9N2O5/c16-11-5-1-9(2-6-11)14-13(17)20-12-7-3-10(4-8-12)15(18)19/h1-8H,(H,14,17). The molecule has 101 valence electrons. The highest BCUT2D eigenvalue weighted by molar-refractivity contribution is 5.86. The maximum Gasteiger partial charge on any atom is 0.417 e. The topological polar surface area (TPSA) is 101 Å². The molecule has 0 atom stereocenters. The number of anilines is 1. The fourth-order valence-corrected chi connectivity index (χ4v) is 1.42. The van der Waals surface area contributed by atoms with E-state index < -0.39 is 11.0 Å². The summed E-state index contributed by atoms with van der Waals surface area (Å²) < 4.78 is 4.93. The number of nitrogens with zero attached hydrogens (tertiary/aromatic N) is 1. The van der Waals surface area contributed by atoms with Gasteiger partial charge in [-0.3, -0.25) is 20.5 Å². The van der Waals surface area contributed by atoms with Crippen molar-refractivity contribution in [3.63, 3.8) is 0 Å². The monoisotopic (exact) mass is 273 g/mol. The molecule has 0 saturated heterocycles. The van der Waals surface area contributed by atoms with Crippen molar-refractivity contribution in [1.82, 2.24) is 0 Å². The first-order valence-electron chi connectivity index (χ1n) is 5.55. The number of carbonyl (C=O) groups excluding carboxylic acids is 1. The van der Waals surface area contributed by atoms with E-state index in [2.05, 4.69) is 5.32 Å². The molecule has 0 aromatic heterocycles. The van der Waals surface area contributed by atoms with E-state index in [1.807, 2.05) is 0 Å². The molecule has 2 aromatic rings. The smallest absolute Gasteiger partial charge is 0.410 e. The van der Waals surface area contributed by atoms with E-state index in [9.17, 15) is 20.0 Å². The number of benzene rings is 2. The maximum atomic E-state index is 11.5. The quantitative estimate of drug-likeness (QED) is 0.684. The highest BCUT2D eigenvalue weighted by atomic mass is 16.6. The van der Waals surface area contributed by atoms with Crippen molar-refractivity contribution in [2.24, 2.45) is 0 Å². The van der Waals surface area contributed by atoms with Crippen molar-refractivity contribution in [2.45, 2.75) is 0 Å². The predicted octanol–water partition coefficient (Wildman–Crippen LogP) is 3.35. The normalized spacial score (nSPS) is 9.80. The highest BCUT2D eigenvalue weighted by Crippen LogP contribution is 2.18. The van der Waals surface area contributed by atoms with Gasteiger partial charge in [-0.05, 0) is 36.4 Å². The second-order valence-electron chi connectivity index (χ2n) is 3.79. The van der Waals surface area contributed by atoms with E-state index in [0.29, 0.717) is 5.69 Å². The average Bonchev–Trinajstić information content (AvgIpc) is 2.42. The average molecular weight is 273 g/mol. The number of ether oxygens (including phenoxy) is 1. The molecule has 0 heterocycles. The molecule has 0 aliphatic carbocycles. The van der Waals surface area contributed by atoms with Crippen LogP contribution in [0.15, 0.2) is 48.5 Å². The molecule has 0 spiro atoms. The summed E-state index contributed by atoms with van der Waals surface area (Å²) in [4.78, 5) is 21.5. The third-order valence-corrected chi connectivity index (χ3v) is 2.36. The van der Waals surface area contributed by atoms with Crippen LogP contribution in [0.1, 0.15) is 0 Å². The van der Waals surface area contributed by atoms with Gasteiger partial charge < -0.3 is 4.74 Å². The lowest BCUT2D eigenvalue weighted by Crippen LogP contribution is -2.16. The molecule has 1 amide bonds. The predicted molar refractivity (Wildman–Crippen MR) is 69.3 cm³/mol. The van der Waals surface area contributed by atoms with Crippen molar-refractivity contribution in [1.29, 1.82) is 0 Å². The van der Waals surface area contributed by atoms with E-state index in [4.69, 9.17) is 4.74 Å². The number of hydrogen-bond donors (Lipinski definition) is 1. The van der Waals surface area contributed by atoms with Gasteiger partial charge in [-0.2, -0.15) is 0 Å². The second-order valence-corrected chi connectivity index (χ2v) is 3.79. The minimum atomic E-state index is -0.752. The SMILES string of the molecule is [O]c1ccc(NC(=O)Oc2ccc([N+](=O)[O-])cc2)cc1. The lowest BCUT2D eigenvalue weighted by molar-refractivity contribution is -0.384. The number of nitrogens with one attached hydrogen (secondary N) is 1. The summed E-state index contributed by atoms with van der Waals surface area (Å²) >= 11 is 0. The number of nitro benzene ring substituents is 1. The van der Waals surface area contributed by atoms with Gasteiger partial charge in [-0.15, -0.1) is 0 Å². The molecule has 0 fully saturated rings. The molecule has 2 rings (SSSR count). The fourth-order valence-electron chi connectivity index (χ4n) is 1.42. The second kappa shape index (κ2) is 5.70. The van der Waals surface area contributed by atoms with E-state index in [0.717, 1.165) is 0 Å². The first-order chi connectivity index (χ1) is 9.54. The minimum Gasteiger partial charge on any atom is -0.410 e. The van der Waals surface area contributed by atoms with Crippen LogP contribution in [0.2, 0.25) is 0 Å². The third kappa shape index (κ3) is 3.45. The van der Waals surface area contributed by atoms with Crippen LogP contribution in [0.5, 0.6) is 11.5 Å². The highest BCUT2D eigenvalue weighted by Gasteiger charge is 2.08. The molecular formula is C13H9N2O5. The number of nitro groups is 1. The van der Waals surface area contributed by atoms with Gasteiger partial charge in [-0.25, -0.2) is 4.79 Å². The zero-order valence-corrected chi connectivity index (χ0v) is 10.1. The lowest BCUT2D eigenvalue weighted by atomic mass is 10.3. The van der Waals surface area contributed by atoms with E-state index in [1.165, 1.54) is 48.5 Å². The summed E-state index contributed by atoms with van der Waals surface area (Å²) in [5.74, 6) is 0.00725. The molecule has 0 aliphatic rings. The van der Waals surface area contributed by atoms with Crippen molar-refractivity contribution in [3.05, 3.63) is 58.6 Å².